The Balaban J connectivity index is 2.65. The van der Waals surface area contributed by atoms with Gasteiger partial charge >= 0.3 is 11.9 Å². The number of nitrogens with one attached hydrogen (secondary N) is 1. The van der Waals surface area contributed by atoms with E-state index in [1.54, 1.807) is 6.92 Å². The van der Waals surface area contributed by atoms with Crippen LogP contribution in [0, 0.1) is 0 Å². The SMILES string of the molecule is COC(=O)C(=O)NC(C)c1ccc(Br)cc1. The standard InChI is InChI=1S/C11H12BrNO3/c1-7(13-10(14)11(15)16-2)8-3-5-9(12)6-4-8/h3-7H,1-2H3,(H,13,14). The maximum Gasteiger partial charge on any atom is 0.396 e. The van der Waals surface area contributed by atoms with Crippen molar-refractivity contribution in [1.29, 1.82) is 0 Å². The number of halogens is 1. The topological polar surface area (TPSA) is 55.4 Å². The molecule has 1 aromatic carbocycles. The van der Waals surface area contributed by atoms with E-state index >= 15 is 0 Å². The van der Waals surface area contributed by atoms with E-state index in [4.69, 9.17) is 0 Å². The van der Waals surface area contributed by atoms with Crippen LogP contribution in [-0.4, -0.2) is 19.0 Å². The highest BCUT2D eigenvalue weighted by atomic mass is 79.9. The Bertz CT molecular complexity index is 389. The van der Waals surface area contributed by atoms with Crippen LogP contribution in [0.2, 0.25) is 0 Å². The lowest BCUT2D eigenvalue weighted by molar-refractivity contribution is -0.153. The summed E-state index contributed by atoms with van der Waals surface area (Å²) in [7, 11) is 1.17. The van der Waals surface area contributed by atoms with Crippen LogP contribution in [0.15, 0.2) is 28.7 Å². The molecule has 1 rings (SSSR count). The molecule has 0 aliphatic carbocycles. The summed E-state index contributed by atoms with van der Waals surface area (Å²) in [5, 5.41) is 2.54. The molecule has 0 radical (unpaired) electrons. The van der Waals surface area contributed by atoms with Gasteiger partial charge in [0.2, 0.25) is 0 Å². The van der Waals surface area contributed by atoms with Crippen molar-refractivity contribution in [2.45, 2.75) is 13.0 Å². The van der Waals surface area contributed by atoms with Crippen molar-refractivity contribution < 1.29 is 14.3 Å². The highest BCUT2D eigenvalue weighted by molar-refractivity contribution is 9.10. The second-order valence-electron chi connectivity index (χ2n) is 3.24. The van der Waals surface area contributed by atoms with Gasteiger partial charge in [-0.1, -0.05) is 28.1 Å². The van der Waals surface area contributed by atoms with Crippen LogP contribution in [-0.2, 0) is 14.3 Å². The number of carbonyl (C=O) groups is 2. The Morgan fingerprint density at radius 1 is 1.31 bits per heavy atom. The third-order valence-corrected chi connectivity index (χ3v) is 2.62. The summed E-state index contributed by atoms with van der Waals surface area (Å²) in [4.78, 5) is 22.1. The first-order valence-electron chi connectivity index (χ1n) is 4.69. The number of rotatable bonds is 2. The predicted octanol–water partition coefficient (Wildman–Crippen LogP) is 1.80. The maximum absolute atomic E-state index is 11.2. The molecule has 4 nitrogen and oxygen atoms in total. The van der Waals surface area contributed by atoms with Gasteiger partial charge in [-0.3, -0.25) is 4.79 Å². The number of hydrogen-bond donors (Lipinski definition) is 1. The molecular formula is C11H12BrNO3. The van der Waals surface area contributed by atoms with Crippen LogP contribution < -0.4 is 5.32 Å². The van der Waals surface area contributed by atoms with E-state index < -0.39 is 11.9 Å². The Kier molecular flexibility index (Phi) is 4.49. The molecule has 0 heterocycles. The largest absolute Gasteiger partial charge is 0.462 e. The lowest BCUT2D eigenvalue weighted by Crippen LogP contribution is -2.33. The Morgan fingerprint density at radius 2 is 1.88 bits per heavy atom. The second-order valence-corrected chi connectivity index (χ2v) is 4.15. The summed E-state index contributed by atoms with van der Waals surface area (Å²) in [6.45, 7) is 1.80. The number of hydrogen-bond acceptors (Lipinski definition) is 3. The van der Waals surface area contributed by atoms with Crippen LogP contribution in [0.1, 0.15) is 18.5 Å². The van der Waals surface area contributed by atoms with Crippen molar-refractivity contribution in [3.63, 3.8) is 0 Å². The van der Waals surface area contributed by atoms with Crippen LogP contribution in [0.5, 0.6) is 0 Å². The quantitative estimate of drug-likeness (QED) is 0.666. The van der Waals surface area contributed by atoms with Crippen molar-refractivity contribution in [3.8, 4) is 0 Å². The maximum atomic E-state index is 11.2. The van der Waals surface area contributed by atoms with Gasteiger partial charge < -0.3 is 10.1 Å². The average molecular weight is 286 g/mol. The van der Waals surface area contributed by atoms with Crippen molar-refractivity contribution in [1.82, 2.24) is 5.32 Å². The molecule has 1 aromatic rings. The smallest absolute Gasteiger partial charge is 0.396 e. The van der Waals surface area contributed by atoms with Gasteiger partial charge in [0.1, 0.15) is 0 Å². The molecule has 5 heteroatoms. The zero-order valence-corrected chi connectivity index (χ0v) is 10.6. The van der Waals surface area contributed by atoms with Gasteiger partial charge in [0.15, 0.2) is 0 Å². The number of esters is 1. The molecule has 0 spiro atoms. The summed E-state index contributed by atoms with van der Waals surface area (Å²) in [6.07, 6.45) is 0. The Morgan fingerprint density at radius 3 is 2.38 bits per heavy atom. The van der Waals surface area contributed by atoms with E-state index in [2.05, 4.69) is 26.0 Å². The predicted molar refractivity (Wildman–Crippen MR) is 62.7 cm³/mol. The molecular weight excluding hydrogens is 274 g/mol. The summed E-state index contributed by atoms with van der Waals surface area (Å²) in [5.41, 5.74) is 0.917. The van der Waals surface area contributed by atoms with Crippen molar-refractivity contribution in [3.05, 3.63) is 34.3 Å². The summed E-state index contributed by atoms with van der Waals surface area (Å²) >= 11 is 3.32. The molecule has 0 fully saturated rings. The fourth-order valence-corrected chi connectivity index (χ4v) is 1.45. The molecule has 0 aliphatic heterocycles. The fraction of sp³-hybridized carbons (Fsp3) is 0.273. The first-order chi connectivity index (χ1) is 7.54. The number of ether oxygens (including phenoxy) is 1. The average Bonchev–Trinajstić information content (AvgIpc) is 2.28. The Labute approximate surface area is 102 Å². The van der Waals surface area contributed by atoms with Gasteiger partial charge in [0, 0.05) is 4.47 Å². The van der Waals surface area contributed by atoms with E-state index in [-0.39, 0.29) is 6.04 Å². The zero-order valence-electron chi connectivity index (χ0n) is 8.99. The monoisotopic (exact) mass is 285 g/mol. The molecule has 16 heavy (non-hydrogen) atoms. The minimum atomic E-state index is -0.885. The van der Waals surface area contributed by atoms with Gasteiger partial charge in [-0.2, -0.15) is 0 Å². The molecule has 0 bridgehead atoms. The van der Waals surface area contributed by atoms with Crippen LogP contribution in [0.25, 0.3) is 0 Å². The lowest BCUT2D eigenvalue weighted by Gasteiger charge is -2.13. The third kappa shape index (κ3) is 3.34. The first kappa shape index (κ1) is 12.7. The Hall–Kier alpha value is -1.36. The van der Waals surface area contributed by atoms with Gasteiger partial charge in [-0.25, -0.2) is 4.79 Å². The summed E-state index contributed by atoms with van der Waals surface area (Å²) in [6, 6.07) is 7.24. The number of carbonyl (C=O) groups excluding carboxylic acids is 2. The van der Waals surface area contributed by atoms with Crippen LogP contribution >= 0.6 is 15.9 Å². The third-order valence-electron chi connectivity index (χ3n) is 2.09. The fourth-order valence-electron chi connectivity index (χ4n) is 1.18. The van der Waals surface area contributed by atoms with E-state index in [0.29, 0.717) is 0 Å². The second kappa shape index (κ2) is 5.65. The van der Waals surface area contributed by atoms with Gasteiger partial charge in [0.05, 0.1) is 13.2 Å². The molecule has 0 saturated heterocycles. The van der Waals surface area contributed by atoms with Gasteiger partial charge in [-0.05, 0) is 24.6 Å². The molecule has 0 aromatic heterocycles. The van der Waals surface area contributed by atoms with Crippen LogP contribution in [0.4, 0.5) is 0 Å². The molecule has 0 aliphatic rings. The number of methoxy groups -OCH3 is 1. The number of benzene rings is 1. The van der Waals surface area contributed by atoms with Crippen LogP contribution in [0.3, 0.4) is 0 Å². The highest BCUT2D eigenvalue weighted by Gasteiger charge is 2.16. The van der Waals surface area contributed by atoms with E-state index in [0.717, 1.165) is 10.0 Å². The zero-order chi connectivity index (χ0) is 12.1. The molecule has 86 valence electrons. The van der Waals surface area contributed by atoms with Gasteiger partial charge in [-0.15, -0.1) is 0 Å². The normalized spacial score (nSPS) is 11.7. The lowest BCUT2D eigenvalue weighted by atomic mass is 10.1. The van der Waals surface area contributed by atoms with Crippen molar-refractivity contribution in [2.75, 3.05) is 7.11 Å². The minimum absolute atomic E-state index is 0.236. The first-order valence-corrected chi connectivity index (χ1v) is 5.48. The molecule has 1 atom stereocenters. The van der Waals surface area contributed by atoms with Crippen molar-refractivity contribution in [2.24, 2.45) is 0 Å². The van der Waals surface area contributed by atoms with E-state index in [9.17, 15) is 9.59 Å². The summed E-state index contributed by atoms with van der Waals surface area (Å²) < 4.78 is 5.27. The number of amides is 1. The molecule has 1 amide bonds. The van der Waals surface area contributed by atoms with Gasteiger partial charge in [0.25, 0.3) is 0 Å². The van der Waals surface area contributed by atoms with E-state index in [1.807, 2.05) is 24.3 Å². The van der Waals surface area contributed by atoms with E-state index in [1.165, 1.54) is 7.11 Å². The summed E-state index contributed by atoms with van der Waals surface area (Å²) in [5.74, 6) is -1.62. The molecule has 0 saturated carbocycles. The molecule has 1 unspecified atom stereocenters. The van der Waals surface area contributed by atoms with Crippen molar-refractivity contribution >= 4 is 27.8 Å². The highest BCUT2D eigenvalue weighted by Crippen LogP contribution is 2.16. The molecule has 1 N–H and O–H groups in total. The minimum Gasteiger partial charge on any atom is -0.462 e.